The largest absolute Gasteiger partial charge is 0.497 e. The highest BCUT2D eigenvalue weighted by atomic mass is 32.1. The first-order chi connectivity index (χ1) is 13.4. The molecule has 0 radical (unpaired) electrons. The number of carbonyl (C=O) groups is 2. The summed E-state index contributed by atoms with van der Waals surface area (Å²) in [6, 6.07) is 6.44. The predicted molar refractivity (Wildman–Crippen MR) is 109 cm³/mol. The van der Waals surface area contributed by atoms with Gasteiger partial charge in [0, 0.05) is 19.3 Å². The molecule has 0 spiro atoms. The van der Waals surface area contributed by atoms with Gasteiger partial charge in [-0.05, 0) is 38.5 Å². The summed E-state index contributed by atoms with van der Waals surface area (Å²) in [5.74, 6) is 0.237. The zero-order valence-corrected chi connectivity index (χ0v) is 17.1. The molecule has 148 valence electrons. The van der Waals surface area contributed by atoms with E-state index in [0.717, 1.165) is 28.1 Å². The van der Waals surface area contributed by atoms with Crippen molar-refractivity contribution < 1.29 is 14.3 Å². The van der Waals surface area contributed by atoms with Crippen molar-refractivity contribution in [2.45, 2.75) is 26.3 Å². The SMILES string of the molecule is CCN(CC)c1ncc(/C=N/N2C(=O)NC(C)(c3ccc(OC)cc3)C2=O)s1. The molecule has 1 fully saturated rings. The van der Waals surface area contributed by atoms with Crippen LogP contribution in [0.1, 0.15) is 31.2 Å². The number of hydrogen-bond acceptors (Lipinski definition) is 7. The van der Waals surface area contributed by atoms with E-state index < -0.39 is 17.5 Å². The molecule has 3 rings (SSSR count). The number of nitrogens with one attached hydrogen (secondary N) is 1. The summed E-state index contributed by atoms with van der Waals surface area (Å²) in [5, 5.41) is 8.58. The van der Waals surface area contributed by atoms with Crippen molar-refractivity contribution in [2.24, 2.45) is 5.10 Å². The minimum Gasteiger partial charge on any atom is -0.497 e. The molecule has 1 unspecified atom stereocenters. The van der Waals surface area contributed by atoms with E-state index in [4.69, 9.17) is 4.74 Å². The van der Waals surface area contributed by atoms with Crippen LogP contribution in [0.5, 0.6) is 5.75 Å². The summed E-state index contributed by atoms with van der Waals surface area (Å²) in [4.78, 5) is 32.5. The third-order valence-electron chi connectivity index (χ3n) is 4.68. The van der Waals surface area contributed by atoms with Gasteiger partial charge in [-0.3, -0.25) is 4.79 Å². The zero-order chi connectivity index (χ0) is 20.3. The summed E-state index contributed by atoms with van der Waals surface area (Å²) in [6.07, 6.45) is 3.17. The van der Waals surface area contributed by atoms with Gasteiger partial charge in [-0.1, -0.05) is 23.5 Å². The topological polar surface area (TPSA) is 87.1 Å². The van der Waals surface area contributed by atoms with E-state index >= 15 is 0 Å². The van der Waals surface area contributed by atoms with Gasteiger partial charge in [-0.25, -0.2) is 9.78 Å². The van der Waals surface area contributed by atoms with Crippen LogP contribution in [0.4, 0.5) is 9.93 Å². The van der Waals surface area contributed by atoms with Crippen LogP contribution in [0.25, 0.3) is 0 Å². The third kappa shape index (κ3) is 3.57. The number of nitrogens with zero attached hydrogens (tertiary/aromatic N) is 4. The number of aromatic nitrogens is 1. The quantitative estimate of drug-likeness (QED) is 0.569. The molecule has 2 heterocycles. The van der Waals surface area contributed by atoms with Crippen molar-refractivity contribution in [2.75, 3.05) is 25.1 Å². The van der Waals surface area contributed by atoms with Crippen LogP contribution in [-0.2, 0) is 10.3 Å². The van der Waals surface area contributed by atoms with Gasteiger partial charge in [0.05, 0.1) is 18.2 Å². The number of anilines is 1. The Kier molecular flexibility index (Phi) is 5.64. The fourth-order valence-electron chi connectivity index (χ4n) is 2.94. The number of methoxy groups -OCH3 is 1. The number of hydrazone groups is 1. The summed E-state index contributed by atoms with van der Waals surface area (Å²) in [6.45, 7) is 7.50. The molecule has 1 aliphatic heterocycles. The second kappa shape index (κ2) is 7.97. The molecule has 1 atom stereocenters. The molecule has 1 N–H and O–H groups in total. The monoisotopic (exact) mass is 401 g/mol. The Morgan fingerprint density at radius 1 is 1.29 bits per heavy atom. The average Bonchev–Trinajstić information content (AvgIpc) is 3.25. The first-order valence-electron chi connectivity index (χ1n) is 8.99. The van der Waals surface area contributed by atoms with Crippen molar-refractivity contribution in [3.8, 4) is 5.75 Å². The maximum absolute atomic E-state index is 12.9. The van der Waals surface area contributed by atoms with E-state index in [0.29, 0.717) is 11.3 Å². The van der Waals surface area contributed by atoms with E-state index in [2.05, 4.69) is 34.1 Å². The molecule has 1 saturated heterocycles. The normalized spacial score (nSPS) is 19.4. The standard InChI is InChI=1S/C19H23N5O3S/c1-5-23(6-2)18-20-11-15(28-18)12-21-24-16(25)19(3,22-17(24)26)13-7-9-14(27-4)10-8-13/h7-12H,5-6H2,1-4H3,(H,22,26)/b21-12+. The fraction of sp³-hybridized carbons (Fsp3) is 0.368. The highest BCUT2D eigenvalue weighted by Gasteiger charge is 2.49. The Bertz CT molecular complexity index is 891. The number of amides is 3. The lowest BCUT2D eigenvalue weighted by atomic mass is 9.92. The molecule has 0 bridgehead atoms. The number of ether oxygens (including phenoxy) is 1. The van der Waals surface area contributed by atoms with Gasteiger partial charge in [0.2, 0.25) is 0 Å². The first-order valence-corrected chi connectivity index (χ1v) is 9.80. The van der Waals surface area contributed by atoms with Crippen molar-refractivity contribution in [1.29, 1.82) is 0 Å². The maximum atomic E-state index is 12.9. The van der Waals surface area contributed by atoms with Crippen LogP contribution in [0.2, 0.25) is 0 Å². The highest BCUT2D eigenvalue weighted by Crippen LogP contribution is 2.30. The summed E-state index contributed by atoms with van der Waals surface area (Å²) >= 11 is 1.46. The molecule has 0 saturated carbocycles. The number of urea groups is 1. The Morgan fingerprint density at radius 3 is 2.57 bits per heavy atom. The minimum atomic E-state index is -1.18. The highest BCUT2D eigenvalue weighted by molar-refractivity contribution is 7.17. The van der Waals surface area contributed by atoms with Gasteiger partial charge < -0.3 is 15.0 Å². The predicted octanol–water partition coefficient (Wildman–Crippen LogP) is 2.80. The molecule has 28 heavy (non-hydrogen) atoms. The summed E-state index contributed by atoms with van der Waals surface area (Å²) < 4.78 is 5.14. The number of benzene rings is 1. The number of thiazole rings is 1. The van der Waals surface area contributed by atoms with E-state index in [1.54, 1.807) is 44.5 Å². The van der Waals surface area contributed by atoms with E-state index in [9.17, 15) is 9.59 Å². The second-order valence-corrected chi connectivity index (χ2v) is 7.40. The van der Waals surface area contributed by atoms with Crippen LogP contribution in [0, 0.1) is 0 Å². The Labute approximate surface area is 167 Å². The van der Waals surface area contributed by atoms with Gasteiger partial charge in [0.25, 0.3) is 5.91 Å². The number of carbonyl (C=O) groups excluding carboxylic acids is 2. The minimum absolute atomic E-state index is 0.438. The molecule has 9 heteroatoms. The number of rotatable bonds is 7. The zero-order valence-electron chi connectivity index (χ0n) is 16.3. The van der Waals surface area contributed by atoms with Gasteiger partial charge in [0.1, 0.15) is 11.3 Å². The molecular weight excluding hydrogens is 378 g/mol. The van der Waals surface area contributed by atoms with Crippen molar-refractivity contribution in [1.82, 2.24) is 15.3 Å². The molecule has 1 aromatic heterocycles. The van der Waals surface area contributed by atoms with E-state index in [1.165, 1.54) is 17.6 Å². The van der Waals surface area contributed by atoms with Gasteiger partial charge in [0.15, 0.2) is 5.13 Å². The smallest absolute Gasteiger partial charge is 0.346 e. The lowest BCUT2D eigenvalue weighted by Gasteiger charge is -2.21. The molecular formula is C19H23N5O3S. The van der Waals surface area contributed by atoms with Crippen LogP contribution < -0.4 is 15.0 Å². The number of hydrogen-bond donors (Lipinski definition) is 1. The molecule has 8 nitrogen and oxygen atoms in total. The van der Waals surface area contributed by atoms with E-state index in [1.807, 2.05) is 0 Å². The molecule has 2 aromatic rings. The summed E-state index contributed by atoms with van der Waals surface area (Å²) in [7, 11) is 1.57. The van der Waals surface area contributed by atoms with Gasteiger partial charge in [-0.15, -0.1) is 5.01 Å². The van der Waals surface area contributed by atoms with E-state index in [-0.39, 0.29) is 0 Å². The average molecular weight is 401 g/mol. The van der Waals surface area contributed by atoms with Gasteiger partial charge >= 0.3 is 6.03 Å². The van der Waals surface area contributed by atoms with Crippen molar-refractivity contribution in [3.63, 3.8) is 0 Å². The Hall–Kier alpha value is -2.94. The lowest BCUT2D eigenvalue weighted by Crippen LogP contribution is -2.40. The van der Waals surface area contributed by atoms with Gasteiger partial charge in [-0.2, -0.15) is 5.10 Å². The van der Waals surface area contributed by atoms with Crippen LogP contribution >= 0.6 is 11.3 Å². The molecule has 0 aliphatic carbocycles. The summed E-state index contributed by atoms with van der Waals surface area (Å²) in [5.41, 5.74) is -0.521. The number of imide groups is 1. The van der Waals surface area contributed by atoms with Crippen LogP contribution in [0.15, 0.2) is 35.6 Å². The maximum Gasteiger partial charge on any atom is 0.346 e. The molecule has 1 aromatic carbocycles. The second-order valence-electron chi connectivity index (χ2n) is 6.36. The molecule has 3 amide bonds. The van der Waals surface area contributed by atoms with Crippen molar-refractivity contribution in [3.05, 3.63) is 40.9 Å². The Morgan fingerprint density at radius 2 is 1.96 bits per heavy atom. The van der Waals surface area contributed by atoms with Crippen LogP contribution in [-0.4, -0.2) is 48.3 Å². The fourth-order valence-corrected chi connectivity index (χ4v) is 3.85. The Balaban J connectivity index is 1.79. The molecule has 1 aliphatic rings. The third-order valence-corrected chi connectivity index (χ3v) is 5.68. The van der Waals surface area contributed by atoms with Crippen molar-refractivity contribution >= 4 is 34.6 Å². The first kappa shape index (κ1) is 19.8. The lowest BCUT2D eigenvalue weighted by molar-refractivity contribution is -0.131. The van der Waals surface area contributed by atoms with Crippen LogP contribution in [0.3, 0.4) is 0 Å².